The van der Waals surface area contributed by atoms with Crippen molar-refractivity contribution in [1.82, 2.24) is 0 Å². The average molecular weight is 277 g/mol. The minimum absolute atomic E-state index is 0.501. The van der Waals surface area contributed by atoms with Crippen LogP contribution in [0.5, 0.6) is 0 Å². The van der Waals surface area contributed by atoms with E-state index in [1.807, 2.05) is 48.5 Å². The van der Waals surface area contributed by atoms with Gasteiger partial charge in [0.25, 0.3) is 0 Å². The second kappa shape index (κ2) is 7.29. The fourth-order valence-electron chi connectivity index (χ4n) is 1.86. The molecule has 0 amide bonds. The third-order valence-electron chi connectivity index (χ3n) is 2.91. The number of hydrogen-bond donors (Lipinski definition) is 1. The molecule has 19 heavy (non-hydrogen) atoms. The summed E-state index contributed by atoms with van der Waals surface area (Å²) in [7, 11) is 0. The standard InChI is InChI=1S/C16H17ClO2/c17-15-9-5-4-8-14(15)16(18)10-11-19-12-13-6-2-1-3-7-13/h1-9,16,18H,10-12H2. The number of aliphatic hydroxyl groups is 1. The summed E-state index contributed by atoms with van der Waals surface area (Å²) in [5, 5.41) is 10.6. The number of benzene rings is 2. The van der Waals surface area contributed by atoms with Crippen LogP contribution in [0, 0.1) is 0 Å². The Kier molecular flexibility index (Phi) is 5.40. The van der Waals surface area contributed by atoms with Gasteiger partial charge in [0, 0.05) is 18.1 Å². The van der Waals surface area contributed by atoms with E-state index in [0.717, 1.165) is 11.1 Å². The van der Waals surface area contributed by atoms with Crippen molar-refractivity contribution in [3.63, 3.8) is 0 Å². The third-order valence-corrected chi connectivity index (χ3v) is 3.26. The second-order valence-electron chi connectivity index (χ2n) is 4.36. The first-order chi connectivity index (χ1) is 9.27. The van der Waals surface area contributed by atoms with E-state index in [0.29, 0.717) is 24.7 Å². The number of aliphatic hydroxyl groups excluding tert-OH is 1. The first-order valence-corrected chi connectivity index (χ1v) is 6.69. The highest BCUT2D eigenvalue weighted by molar-refractivity contribution is 6.31. The third kappa shape index (κ3) is 4.35. The summed E-state index contributed by atoms with van der Waals surface area (Å²) in [4.78, 5) is 0. The maximum absolute atomic E-state index is 10.0. The van der Waals surface area contributed by atoms with Crippen molar-refractivity contribution in [2.75, 3.05) is 6.61 Å². The lowest BCUT2D eigenvalue weighted by atomic mass is 10.1. The van der Waals surface area contributed by atoms with Gasteiger partial charge in [-0.25, -0.2) is 0 Å². The van der Waals surface area contributed by atoms with Crippen molar-refractivity contribution in [3.05, 3.63) is 70.7 Å². The van der Waals surface area contributed by atoms with Crippen LogP contribution < -0.4 is 0 Å². The molecule has 3 heteroatoms. The highest BCUT2D eigenvalue weighted by atomic mass is 35.5. The summed E-state index contributed by atoms with van der Waals surface area (Å²) in [5.41, 5.74) is 1.89. The van der Waals surface area contributed by atoms with Gasteiger partial charge in [-0.1, -0.05) is 60.1 Å². The highest BCUT2D eigenvalue weighted by Gasteiger charge is 2.10. The van der Waals surface area contributed by atoms with Crippen molar-refractivity contribution in [2.45, 2.75) is 19.1 Å². The highest BCUT2D eigenvalue weighted by Crippen LogP contribution is 2.24. The Balaban J connectivity index is 1.76. The number of rotatable bonds is 6. The second-order valence-corrected chi connectivity index (χ2v) is 4.77. The van der Waals surface area contributed by atoms with E-state index in [4.69, 9.17) is 16.3 Å². The minimum atomic E-state index is -0.579. The molecule has 2 nitrogen and oxygen atoms in total. The van der Waals surface area contributed by atoms with Crippen LogP contribution in [0.3, 0.4) is 0 Å². The summed E-state index contributed by atoms with van der Waals surface area (Å²) >= 11 is 6.03. The van der Waals surface area contributed by atoms with E-state index < -0.39 is 6.10 Å². The van der Waals surface area contributed by atoms with Gasteiger partial charge in [-0.2, -0.15) is 0 Å². The molecule has 0 spiro atoms. The Bertz CT molecular complexity index is 499. The quantitative estimate of drug-likeness (QED) is 0.809. The predicted molar refractivity (Wildman–Crippen MR) is 77.1 cm³/mol. The van der Waals surface area contributed by atoms with Crippen LogP contribution in [0.25, 0.3) is 0 Å². The summed E-state index contributed by atoms with van der Waals surface area (Å²) in [5.74, 6) is 0. The van der Waals surface area contributed by atoms with Gasteiger partial charge < -0.3 is 9.84 Å². The van der Waals surface area contributed by atoms with Gasteiger partial charge in [-0.3, -0.25) is 0 Å². The maximum Gasteiger partial charge on any atom is 0.0826 e. The van der Waals surface area contributed by atoms with E-state index in [-0.39, 0.29) is 0 Å². The predicted octanol–water partition coefficient (Wildman–Crippen LogP) is 3.98. The number of halogens is 1. The molecule has 100 valence electrons. The molecule has 1 atom stereocenters. The van der Waals surface area contributed by atoms with Gasteiger partial charge >= 0.3 is 0 Å². The lowest BCUT2D eigenvalue weighted by Crippen LogP contribution is -2.04. The zero-order valence-electron chi connectivity index (χ0n) is 10.6. The summed E-state index contributed by atoms with van der Waals surface area (Å²) in [6, 6.07) is 17.3. The Labute approximate surface area is 118 Å². The van der Waals surface area contributed by atoms with Crippen LogP contribution in [0.4, 0.5) is 0 Å². The van der Waals surface area contributed by atoms with Crippen molar-refractivity contribution in [1.29, 1.82) is 0 Å². The Morgan fingerprint density at radius 2 is 1.68 bits per heavy atom. The van der Waals surface area contributed by atoms with Crippen LogP contribution in [-0.4, -0.2) is 11.7 Å². The van der Waals surface area contributed by atoms with Crippen LogP contribution >= 0.6 is 11.6 Å². The lowest BCUT2D eigenvalue weighted by molar-refractivity contribution is 0.0733. The molecule has 0 aliphatic carbocycles. The van der Waals surface area contributed by atoms with Gasteiger partial charge in [0.1, 0.15) is 0 Å². The van der Waals surface area contributed by atoms with Gasteiger partial charge in [0.15, 0.2) is 0 Å². The SMILES string of the molecule is OC(CCOCc1ccccc1)c1ccccc1Cl. The molecule has 0 fully saturated rings. The van der Waals surface area contributed by atoms with E-state index in [9.17, 15) is 5.11 Å². The normalized spacial score (nSPS) is 12.3. The molecular formula is C16H17ClO2. The van der Waals surface area contributed by atoms with Crippen molar-refractivity contribution >= 4 is 11.6 Å². The topological polar surface area (TPSA) is 29.5 Å². The summed E-state index contributed by atoms with van der Waals surface area (Å²) in [6.07, 6.45) is -0.0409. The van der Waals surface area contributed by atoms with Gasteiger partial charge in [-0.15, -0.1) is 0 Å². The first kappa shape index (κ1) is 14.1. The molecule has 0 saturated heterocycles. The molecule has 0 heterocycles. The minimum Gasteiger partial charge on any atom is -0.388 e. The molecule has 0 radical (unpaired) electrons. The van der Waals surface area contributed by atoms with Crippen LogP contribution in [0.15, 0.2) is 54.6 Å². The Hall–Kier alpha value is -1.35. The van der Waals surface area contributed by atoms with Crippen LogP contribution in [0.2, 0.25) is 5.02 Å². The first-order valence-electron chi connectivity index (χ1n) is 6.31. The van der Waals surface area contributed by atoms with Crippen LogP contribution in [0.1, 0.15) is 23.7 Å². The molecule has 2 aromatic rings. The molecule has 1 unspecified atom stereocenters. The van der Waals surface area contributed by atoms with Crippen molar-refractivity contribution in [3.8, 4) is 0 Å². The molecule has 0 aliphatic rings. The molecule has 0 saturated carbocycles. The summed E-state index contributed by atoms with van der Waals surface area (Å²) < 4.78 is 5.55. The smallest absolute Gasteiger partial charge is 0.0826 e. The molecule has 0 aromatic heterocycles. The lowest BCUT2D eigenvalue weighted by Gasteiger charge is -2.12. The number of hydrogen-bond acceptors (Lipinski definition) is 2. The molecule has 0 aliphatic heterocycles. The van der Waals surface area contributed by atoms with Gasteiger partial charge in [-0.05, 0) is 17.2 Å². The van der Waals surface area contributed by atoms with E-state index in [2.05, 4.69) is 0 Å². The Morgan fingerprint density at radius 1 is 1.00 bits per heavy atom. The van der Waals surface area contributed by atoms with E-state index in [1.165, 1.54) is 0 Å². The van der Waals surface area contributed by atoms with Crippen molar-refractivity contribution < 1.29 is 9.84 Å². The molecule has 1 N–H and O–H groups in total. The van der Waals surface area contributed by atoms with Crippen LogP contribution in [-0.2, 0) is 11.3 Å². The summed E-state index contributed by atoms with van der Waals surface area (Å²) in [6.45, 7) is 1.07. The fraction of sp³-hybridized carbons (Fsp3) is 0.250. The zero-order chi connectivity index (χ0) is 13.5. The number of ether oxygens (including phenoxy) is 1. The fourth-order valence-corrected chi connectivity index (χ4v) is 2.12. The van der Waals surface area contributed by atoms with Gasteiger partial charge in [0.2, 0.25) is 0 Å². The molecule has 2 rings (SSSR count). The van der Waals surface area contributed by atoms with Crippen molar-refractivity contribution in [2.24, 2.45) is 0 Å². The largest absolute Gasteiger partial charge is 0.388 e. The molecule has 2 aromatic carbocycles. The monoisotopic (exact) mass is 276 g/mol. The zero-order valence-corrected chi connectivity index (χ0v) is 11.4. The van der Waals surface area contributed by atoms with E-state index in [1.54, 1.807) is 6.07 Å². The maximum atomic E-state index is 10.0. The Morgan fingerprint density at radius 3 is 2.42 bits per heavy atom. The van der Waals surface area contributed by atoms with Gasteiger partial charge in [0.05, 0.1) is 12.7 Å². The molecule has 0 bridgehead atoms. The molecular weight excluding hydrogens is 260 g/mol. The average Bonchev–Trinajstić information content (AvgIpc) is 2.45. The van der Waals surface area contributed by atoms with E-state index >= 15 is 0 Å².